The van der Waals surface area contributed by atoms with Gasteiger partial charge < -0.3 is 9.47 Å². The fourth-order valence-electron chi connectivity index (χ4n) is 4.39. The lowest BCUT2D eigenvalue weighted by Gasteiger charge is -2.32. The van der Waals surface area contributed by atoms with Gasteiger partial charge in [0.05, 0.1) is 24.2 Å². The highest BCUT2D eigenvalue weighted by molar-refractivity contribution is 5.57. The maximum atomic E-state index is 6.08. The van der Waals surface area contributed by atoms with E-state index in [4.69, 9.17) is 14.5 Å². The second kappa shape index (κ2) is 7.52. The average Bonchev–Trinajstić information content (AvgIpc) is 3.29. The molecule has 1 fully saturated rings. The molecule has 156 valence electrons. The second-order valence-electron chi connectivity index (χ2n) is 8.93. The number of rotatable bonds is 4. The van der Waals surface area contributed by atoms with Crippen LogP contribution in [0.4, 0.5) is 0 Å². The number of pyridine rings is 1. The van der Waals surface area contributed by atoms with Crippen LogP contribution in [0.5, 0.6) is 5.75 Å². The first kappa shape index (κ1) is 19.3. The second-order valence-corrected chi connectivity index (χ2v) is 8.93. The first-order valence-corrected chi connectivity index (χ1v) is 10.6. The van der Waals surface area contributed by atoms with Gasteiger partial charge in [0.2, 0.25) is 0 Å². The van der Waals surface area contributed by atoms with E-state index < -0.39 is 0 Å². The molecule has 1 atom stereocenters. The Bertz CT molecular complexity index is 1060. The first-order chi connectivity index (χ1) is 14.4. The predicted octanol–water partition coefficient (Wildman–Crippen LogP) is 3.77. The number of hydrogen-bond donors (Lipinski definition) is 0. The average molecular weight is 405 g/mol. The molecule has 0 saturated carbocycles. The Hall–Kier alpha value is -2.70. The van der Waals surface area contributed by atoms with Crippen LogP contribution in [0, 0.1) is 0 Å². The van der Waals surface area contributed by atoms with Crippen molar-refractivity contribution in [3.05, 3.63) is 65.6 Å². The van der Waals surface area contributed by atoms with Crippen LogP contribution in [0.3, 0.4) is 0 Å². The van der Waals surface area contributed by atoms with Crippen molar-refractivity contribution in [3.63, 3.8) is 0 Å². The summed E-state index contributed by atoms with van der Waals surface area (Å²) in [5, 5.41) is 4.26. The summed E-state index contributed by atoms with van der Waals surface area (Å²) in [4.78, 5) is 7.32. The molecule has 2 aliphatic heterocycles. The Kier molecular flexibility index (Phi) is 4.83. The molecule has 3 aromatic rings. The molecule has 2 aromatic heterocycles. The molecule has 6 heteroatoms. The van der Waals surface area contributed by atoms with E-state index in [2.05, 4.69) is 54.2 Å². The number of benzene rings is 1. The normalized spacial score (nSPS) is 20.7. The van der Waals surface area contributed by atoms with Crippen LogP contribution in [-0.2, 0) is 24.8 Å². The highest BCUT2D eigenvalue weighted by Crippen LogP contribution is 2.35. The van der Waals surface area contributed by atoms with Crippen LogP contribution >= 0.6 is 0 Å². The fourth-order valence-corrected chi connectivity index (χ4v) is 4.39. The van der Waals surface area contributed by atoms with E-state index in [0.717, 1.165) is 48.8 Å². The summed E-state index contributed by atoms with van der Waals surface area (Å²) in [6.07, 6.45) is 4.78. The summed E-state index contributed by atoms with van der Waals surface area (Å²) in [6, 6.07) is 12.7. The predicted molar refractivity (Wildman–Crippen MR) is 115 cm³/mol. The van der Waals surface area contributed by atoms with E-state index >= 15 is 0 Å². The van der Waals surface area contributed by atoms with Gasteiger partial charge in [-0.25, -0.2) is 4.98 Å². The van der Waals surface area contributed by atoms with Crippen LogP contribution in [0.2, 0.25) is 0 Å². The smallest absolute Gasteiger partial charge is 0.123 e. The SMILES string of the molecule is Cn1cc(-c2cccc([C@H]3CN(Cc4ccc5c(c4)CC(C)(C)O5)CCO3)n2)cn1. The first-order valence-electron chi connectivity index (χ1n) is 10.6. The lowest BCUT2D eigenvalue weighted by molar-refractivity contribution is -0.0349. The molecule has 0 N–H and O–H groups in total. The monoisotopic (exact) mass is 404 g/mol. The van der Waals surface area contributed by atoms with Gasteiger partial charge in [0.15, 0.2) is 0 Å². The third-order valence-electron chi connectivity index (χ3n) is 5.79. The molecule has 0 spiro atoms. The largest absolute Gasteiger partial charge is 0.487 e. The quantitative estimate of drug-likeness (QED) is 0.663. The number of nitrogens with zero attached hydrogens (tertiary/aromatic N) is 4. The van der Waals surface area contributed by atoms with Crippen molar-refractivity contribution >= 4 is 0 Å². The molecule has 0 amide bonds. The lowest BCUT2D eigenvalue weighted by atomic mass is 10.00. The fraction of sp³-hybridized carbons (Fsp3) is 0.417. The van der Waals surface area contributed by atoms with Gasteiger partial charge in [-0.3, -0.25) is 9.58 Å². The Morgan fingerprint density at radius 1 is 1.20 bits per heavy atom. The molecule has 2 aliphatic rings. The van der Waals surface area contributed by atoms with Crippen molar-refractivity contribution in [2.45, 2.75) is 38.5 Å². The Balaban J connectivity index is 1.29. The number of fused-ring (bicyclic) bond motifs is 1. The van der Waals surface area contributed by atoms with Crippen molar-refractivity contribution in [2.24, 2.45) is 7.05 Å². The standard InChI is InChI=1S/C24H28N4O2/c1-24(2)12-18-11-17(7-8-22(18)30-24)14-28-9-10-29-23(16-28)21-6-4-5-20(26-21)19-13-25-27(3)15-19/h4-8,11,13,15,23H,9-10,12,14,16H2,1-3H3/t23-/m1/s1. The number of ether oxygens (including phenoxy) is 2. The zero-order chi connectivity index (χ0) is 20.7. The third-order valence-corrected chi connectivity index (χ3v) is 5.79. The molecule has 0 radical (unpaired) electrons. The number of aromatic nitrogens is 3. The molecule has 5 rings (SSSR count). The van der Waals surface area contributed by atoms with Crippen LogP contribution in [0.25, 0.3) is 11.3 Å². The van der Waals surface area contributed by atoms with E-state index in [1.807, 2.05) is 25.5 Å². The van der Waals surface area contributed by atoms with Gasteiger partial charge in [0, 0.05) is 44.9 Å². The highest BCUT2D eigenvalue weighted by Gasteiger charge is 2.30. The van der Waals surface area contributed by atoms with Gasteiger partial charge in [-0.05, 0) is 43.2 Å². The van der Waals surface area contributed by atoms with E-state index in [1.165, 1.54) is 11.1 Å². The van der Waals surface area contributed by atoms with Crippen molar-refractivity contribution < 1.29 is 9.47 Å². The van der Waals surface area contributed by atoms with E-state index in [-0.39, 0.29) is 11.7 Å². The van der Waals surface area contributed by atoms with Crippen molar-refractivity contribution in [1.29, 1.82) is 0 Å². The zero-order valence-electron chi connectivity index (χ0n) is 17.8. The molecule has 30 heavy (non-hydrogen) atoms. The maximum Gasteiger partial charge on any atom is 0.123 e. The van der Waals surface area contributed by atoms with E-state index in [9.17, 15) is 0 Å². The minimum absolute atomic E-state index is 0.0212. The minimum atomic E-state index is -0.101. The molecule has 0 bridgehead atoms. The highest BCUT2D eigenvalue weighted by atomic mass is 16.5. The Morgan fingerprint density at radius 2 is 2.10 bits per heavy atom. The molecular formula is C24H28N4O2. The Labute approximate surface area is 177 Å². The summed E-state index contributed by atoms with van der Waals surface area (Å²) in [6.45, 7) is 7.68. The van der Waals surface area contributed by atoms with Crippen LogP contribution in [-0.4, -0.2) is 45.0 Å². The van der Waals surface area contributed by atoms with Crippen molar-refractivity contribution in [1.82, 2.24) is 19.7 Å². The van der Waals surface area contributed by atoms with Crippen molar-refractivity contribution in [2.75, 3.05) is 19.7 Å². The topological polar surface area (TPSA) is 52.4 Å². The Morgan fingerprint density at radius 3 is 2.93 bits per heavy atom. The van der Waals surface area contributed by atoms with Crippen LogP contribution in [0.15, 0.2) is 48.8 Å². The number of hydrogen-bond acceptors (Lipinski definition) is 5. The summed E-state index contributed by atoms with van der Waals surface area (Å²) in [5.74, 6) is 1.03. The van der Waals surface area contributed by atoms with Crippen molar-refractivity contribution in [3.8, 4) is 17.0 Å². The molecule has 0 aliphatic carbocycles. The van der Waals surface area contributed by atoms with Gasteiger partial charge in [-0.1, -0.05) is 18.2 Å². The van der Waals surface area contributed by atoms with Crippen LogP contribution in [0.1, 0.15) is 36.8 Å². The summed E-state index contributed by atoms with van der Waals surface area (Å²) in [7, 11) is 1.92. The molecule has 0 unspecified atom stereocenters. The molecular weight excluding hydrogens is 376 g/mol. The number of morpholine rings is 1. The number of aryl methyl sites for hydroxylation is 1. The lowest BCUT2D eigenvalue weighted by Crippen LogP contribution is -2.38. The summed E-state index contributed by atoms with van der Waals surface area (Å²) < 4.78 is 13.9. The van der Waals surface area contributed by atoms with Gasteiger partial charge in [0.25, 0.3) is 0 Å². The maximum absolute atomic E-state index is 6.08. The van der Waals surface area contributed by atoms with E-state index in [1.54, 1.807) is 4.68 Å². The third kappa shape index (κ3) is 3.98. The van der Waals surface area contributed by atoms with Gasteiger partial charge in [0.1, 0.15) is 17.5 Å². The van der Waals surface area contributed by atoms with E-state index in [0.29, 0.717) is 6.61 Å². The minimum Gasteiger partial charge on any atom is -0.487 e. The summed E-state index contributed by atoms with van der Waals surface area (Å²) >= 11 is 0. The zero-order valence-corrected chi connectivity index (χ0v) is 17.8. The molecule has 1 saturated heterocycles. The molecule has 6 nitrogen and oxygen atoms in total. The molecule has 4 heterocycles. The van der Waals surface area contributed by atoms with Crippen LogP contribution < -0.4 is 4.74 Å². The summed E-state index contributed by atoms with van der Waals surface area (Å²) in [5.41, 5.74) is 5.47. The van der Waals surface area contributed by atoms with Gasteiger partial charge in [-0.2, -0.15) is 5.10 Å². The van der Waals surface area contributed by atoms with Gasteiger partial charge >= 0.3 is 0 Å². The molecule has 1 aromatic carbocycles. The van der Waals surface area contributed by atoms with Gasteiger partial charge in [-0.15, -0.1) is 0 Å².